The van der Waals surface area contributed by atoms with Gasteiger partial charge in [0.15, 0.2) is 0 Å². The molecule has 1 amide bonds. The van der Waals surface area contributed by atoms with Crippen LogP contribution in [0.15, 0.2) is 45.9 Å². The van der Waals surface area contributed by atoms with Crippen LogP contribution < -0.4 is 5.32 Å². The van der Waals surface area contributed by atoms with E-state index in [0.29, 0.717) is 32.9 Å². The van der Waals surface area contributed by atoms with E-state index in [-0.39, 0.29) is 11.7 Å². The minimum Gasteiger partial charge on any atom is -0.506 e. The van der Waals surface area contributed by atoms with Crippen LogP contribution in [-0.4, -0.2) is 17.2 Å². The Labute approximate surface area is 154 Å². The normalized spacial score (nSPS) is 11.0. The number of rotatable bonds is 6. The molecule has 0 saturated heterocycles. The first kappa shape index (κ1) is 18.5. The zero-order chi connectivity index (χ0) is 17.5. The summed E-state index contributed by atoms with van der Waals surface area (Å²) in [5.41, 5.74) is 1.87. The van der Waals surface area contributed by atoms with E-state index >= 15 is 0 Å². The predicted octanol–water partition coefficient (Wildman–Crippen LogP) is 5.69. The number of nitrogens with zero attached hydrogens (tertiary/aromatic N) is 1. The van der Waals surface area contributed by atoms with Crippen LogP contribution in [0.25, 0.3) is 0 Å². The number of phenols is 1. The van der Waals surface area contributed by atoms with E-state index < -0.39 is 0 Å². The lowest BCUT2D eigenvalue weighted by atomic mass is 10.2. The van der Waals surface area contributed by atoms with Gasteiger partial charge in [-0.15, -0.1) is 0 Å². The molecule has 2 aromatic carbocycles. The fraction of sp³-hybridized carbons (Fsp3) is 0.222. The molecule has 6 heteroatoms. The topological polar surface area (TPSA) is 61.7 Å². The average Bonchev–Trinajstić information content (AvgIpc) is 2.55. The molecule has 24 heavy (non-hydrogen) atoms. The number of unbranched alkanes of at least 4 members (excludes halogenated alkanes) is 1. The monoisotopic (exact) mass is 408 g/mol. The largest absolute Gasteiger partial charge is 0.506 e. The van der Waals surface area contributed by atoms with Crippen molar-refractivity contribution in [2.24, 2.45) is 4.99 Å². The lowest BCUT2D eigenvalue weighted by Crippen LogP contribution is -2.10. The Balaban J connectivity index is 2.13. The van der Waals surface area contributed by atoms with Gasteiger partial charge in [-0.25, -0.2) is 0 Å². The molecule has 0 aliphatic rings. The van der Waals surface area contributed by atoms with Crippen molar-refractivity contribution in [2.75, 3.05) is 5.32 Å². The van der Waals surface area contributed by atoms with Crippen LogP contribution in [0.5, 0.6) is 5.75 Å². The van der Waals surface area contributed by atoms with Crippen molar-refractivity contribution in [1.82, 2.24) is 0 Å². The third kappa shape index (κ3) is 5.35. The van der Waals surface area contributed by atoms with Gasteiger partial charge in [0.2, 0.25) is 5.91 Å². The predicted molar refractivity (Wildman–Crippen MR) is 103 cm³/mol. The fourth-order valence-electron chi connectivity index (χ4n) is 2.05. The molecule has 2 rings (SSSR count). The third-order valence-corrected chi connectivity index (χ3v) is 4.12. The highest BCUT2D eigenvalue weighted by atomic mass is 79.9. The summed E-state index contributed by atoms with van der Waals surface area (Å²) in [5, 5.41) is 13.4. The molecule has 0 unspecified atom stereocenters. The molecule has 0 saturated carbocycles. The molecule has 0 fully saturated rings. The van der Waals surface area contributed by atoms with Crippen molar-refractivity contribution in [2.45, 2.75) is 26.2 Å². The van der Waals surface area contributed by atoms with Crippen LogP contribution in [-0.2, 0) is 4.79 Å². The van der Waals surface area contributed by atoms with E-state index in [9.17, 15) is 9.90 Å². The molecule has 2 aromatic rings. The van der Waals surface area contributed by atoms with Crippen LogP contribution in [0, 0.1) is 0 Å². The summed E-state index contributed by atoms with van der Waals surface area (Å²) >= 11 is 9.22. The number of phenolic OH excluding ortho intramolecular Hbond substituents is 1. The number of halogens is 2. The molecule has 0 heterocycles. The summed E-state index contributed by atoms with van der Waals surface area (Å²) in [6.07, 6.45) is 3.89. The van der Waals surface area contributed by atoms with Crippen molar-refractivity contribution >= 4 is 51.0 Å². The van der Waals surface area contributed by atoms with E-state index in [1.807, 2.05) is 25.1 Å². The molecular weight excluding hydrogens is 392 g/mol. The Hall–Kier alpha value is -1.85. The molecule has 0 aromatic heterocycles. The van der Waals surface area contributed by atoms with Crippen LogP contribution in [0.1, 0.15) is 31.7 Å². The van der Waals surface area contributed by atoms with Crippen molar-refractivity contribution in [3.8, 4) is 5.75 Å². The summed E-state index contributed by atoms with van der Waals surface area (Å²) in [6.45, 7) is 2.05. The number of aromatic hydroxyl groups is 1. The van der Waals surface area contributed by atoms with Gasteiger partial charge in [0.05, 0.1) is 10.2 Å². The molecule has 0 spiro atoms. The Morgan fingerprint density at radius 3 is 2.92 bits per heavy atom. The molecule has 0 aliphatic carbocycles. The number of benzene rings is 2. The lowest BCUT2D eigenvalue weighted by molar-refractivity contribution is -0.116. The Morgan fingerprint density at radius 2 is 2.17 bits per heavy atom. The van der Waals surface area contributed by atoms with Crippen LogP contribution in [0.4, 0.5) is 11.4 Å². The summed E-state index contributed by atoms with van der Waals surface area (Å²) < 4.78 is 0.508. The van der Waals surface area contributed by atoms with Gasteiger partial charge in [-0.1, -0.05) is 31.0 Å². The third-order valence-electron chi connectivity index (χ3n) is 3.30. The first-order valence-electron chi connectivity index (χ1n) is 7.61. The van der Waals surface area contributed by atoms with E-state index in [1.165, 1.54) is 6.21 Å². The number of amides is 1. The number of anilines is 1. The second-order valence-electron chi connectivity index (χ2n) is 5.29. The van der Waals surface area contributed by atoms with Crippen LogP contribution >= 0.6 is 27.5 Å². The van der Waals surface area contributed by atoms with Crippen LogP contribution in [0.2, 0.25) is 5.02 Å². The smallest absolute Gasteiger partial charge is 0.224 e. The summed E-state index contributed by atoms with van der Waals surface area (Å²) in [7, 11) is 0. The summed E-state index contributed by atoms with van der Waals surface area (Å²) in [6, 6.07) is 10.5. The van der Waals surface area contributed by atoms with Crippen molar-refractivity contribution in [3.05, 3.63) is 51.5 Å². The van der Waals surface area contributed by atoms with E-state index in [1.54, 1.807) is 18.2 Å². The van der Waals surface area contributed by atoms with Crippen molar-refractivity contribution < 1.29 is 9.90 Å². The van der Waals surface area contributed by atoms with Crippen LogP contribution in [0.3, 0.4) is 0 Å². The van der Waals surface area contributed by atoms with Gasteiger partial charge in [0.25, 0.3) is 0 Å². The molecule has 0 radical (unpaired) electrons. The number of aliphatic imine (C=N–C) groups is 1. The molecule has 0 aliphatic heterocycles. The van der Waals surface area contributed by atoms with Gasteiger partial charge in [0.1, 0.15) is 5.75 Å². The molecule has 126 valence electrons. The maximum atomic E-state index is 11.8. The van der Waals surface area contributed by atoms with Crippen molar-refractivity contribution in [3.63, 3.8) is 0 Å². The minimum atomic E-state index is -0.00519. The van der Waals surface area contributed by atoms with Gasteiger partial charge < -0.3 is 10.4 Å². The lowest BCUT2D eigenvalue weighted by Gasteiger charge is -2.06. The van der Waals surface area contributed by atoms with Gasteiger partial charge in [-0.2, -0.15) is 0 Å². The number of hydrogen-bond donors (Lipinski definition) is 2. The first-order valence-corrected chi connectivity index (χ1v) is 8.78. The standard InChI is InChI=1S/C18H18BrClN2O2/c1-2-3-7-17(23)22-15-6-4-5-14(10-15)21-11-12-8-13(20)9-16(19)18(12)24/h4-6,8-11,24H,2-3,7H2,1H3,(H,22,23). The number of nitrogens with one attached hydrogen (secondary N) is 1. The molecule has 2 N–H and O–H groups in total. The Morgan fingerprint density at radius 1 is 1.38 bits per heavy atom. The zero-order valence-electron chi connectivity index (χ0n) is 13.2. The summed E-state index contributed by atoms with van der Waals surface area (Å²) in [5.74, 6) is 0.0709. The zero-order valence-corrected chi connectivity index (χ0v) is 15.6. The quantitative estimate of drug-likeness (QED) is 0.602. The molecule has 0 atom stereocenters. The van der Waals surface area contributed by atoms with Gasteiger partial charge in [0, 0.05) is 28.9 Å². The maximum Gasteiger partial charge on any atom is 0.224 e. The van der Waals surface area contributed by atoms with Crippen molar-refractivity contribution in [1.29, 1.82) is 0 Å². The number of carbonyl (C=O) groups is 1. The average molecular weight is 410 g/mol. The fourth-order valence-corrected chi connectivity index (χ4v) is 2.89. The van der Waals surface area contributed by atoms with Gasteiger partial charge >= 0.3 is 0 Å². The SMILES string of the molecule is CCCCC(=O)Nc1cccc(N=Cc2cc(Cl)cc(Br)c2O)c1. The van der Waals surface area contributed by atoms with E-state index in [4.69, 9.17) is 11.6 Å². The second-order valence-corrected chi connectivity index (χ2v) is 6.58. The maximum absolute atomic E-state index is 11.8. The molecule has 4 nitrogen and oxygen atoms in total. The highest BCUT2D eigenvalue weighted by Gasteiger charge is 2.06. The minimum absolute atomic E-state index is 0.00519. The highest BCUT2D eigenvalue weighted by Crippen LogP contribution is 2.31. The van der Waals surface area contributed by atoms with E-state index in [2.05, 4.69) is 26.2 Å². The van der Waals surface area contributed by atoms with E-state index in [0.717, 1.165) is 12.8 Å². The Kier molecular flexibility index (Phi) is 6.82. The first-order chi connectivity index (χ1) is 11.5. The highest BCUT2D eigenvalue weighted by molar-refractivity contribution is 9.10. The summed E-state index contributed by atoms with van der Waals surface area (Å²) in [4.78, 5) is 16.1. The number of carbonyl (C=O) groups excluding carboxylic acids is 1. The molecular formula is C18H18BrClN2O2. The van der Waals surface area contributed by atoms with Gasteiger partial charge in [-0.3, -0.25) is 9.79 Å². The Bertz CT molecular complexity index is 763. The van der Waals surface area contributed by atoms with Gasteiger partial charge in [-0.05, 0) is 52.7 Å². The number of hydrogen-bond acceptors (Lipinski definition) is 3. The molecule has 0 bridgehead atoms. The second kappa shape index (κ2) is 8.85.